The van der Waals surface area contributed by atoms with Crippen molar-refractivity contribution >= 4 is 0 Å². The van der Waals surface area contributed by atoms with Crippen molar-refractivity contribution in [2.45, 2.75) is 116 Å². The maximum atomic E-state index is 9.06. The number of aliphatic hydroxyl groups is 1. The molecule has 3 heteroatoms. The molecule has 3 nitrogen and oxygen atoms in total. The lowest BCUT2D eigenvalue weighted by molar-refractivity contribution is -0.207. The van der Waals surface area contributed by atoms with E-state index in [1.807, 2.05) is 0 Å². The second-order valence-corrected chi connectivity index (χ2v) is 7.68. The van der Waals surface area contributed by atoms with E-state index in [4.69, 9.17) is 14.6 Å². The van der Waals surface area contributed by atoms with Crippen molar-refractivity contribution in [1.82, 2.24) is 0 Å². The molecule has 0 aromatic carbocycles. The normalized spacial score (nSPS) is 24.4. The molecule has 1 saturated heterocycles. The smallest absolute Gasteiger partial charge is 0.158 e. The van der Waals surface area contributed by atoms with Crippen LogP contribution in [0.5, 0.6) is 0 Å². The zero-order valence-corrected chi connectivity index (χ0v) is 16.3. The van der Waals surface area contributed by atoms with Crippen LogP contribution in [0.15, 0.2) is 0 Å². The predicted octanol–water partition coefficient (Wildman–Crippen LogP) is 5.84. The molecule has 0 aromatic rings. The monoisotopic (exact) mass is 342 g/mol. The van der Waals surface area contributed by atoms with Gasteiger partial charge in [0.1, 0.15) is 0 Å². The van der Waals surface area contributed by atoms with E-state index in [1.54, 1.807) is 0 Å². The average Bonchev–Trinajstić information content (AvgIpc) is 2.56. The zero-order chi connectivity index (χ0) is 17.5. The lowest BCUT2D eigenvalue weighted by atomic mass is 9.95. The lowest BCUT2D eigenvalue weighted by Crippen LogP contribution is -2.34. The third kappa shape index (κ3) is 11.4. The highest BCUT2D eigenvalue weighted by Crippen LogP contribution is 2.27. The molecule has 0 radical (unpaired) electrons. The molecule has 3 atom stereocenters. The molecule has 1 heterocycles. The largest absolute Gasteiger partial charge is 0.396 e. The molecular formula is C21H42O3. The number of unbranched alkanes of at least 4 members (excludes halogenated alkanes) is 10. The summed E-state index contributed by atoms with van der Waals surface area (Å²) in [6.07, 6.45) is 17.9. The molecule has 0 bridgehead atoms. The van der Waals surface area contributed by atoms with Gasteiger partial charge in [-0.25, -0.2) is 0 Å². The first-order valence-corrected chi connectivity index (χ1v) is 10.6. The highest BCUT2D eigenvalue weighted by Gasteiger charge is 2.27. The summed E-state index contributed by atoms with van der Waals surface area (Å²) in [4.78, 5) is 0. The SMILES string of the molecule is CCCCCCCCCCCCCO[C@H]1CC(C)CC(CCO)O1. The molecule has 1 N–H and O–H groups in total. The molecule has 0 saturated carbocycles. The van der Waals surface area contributed by atoms with E-state index in [1.165, 1.54) is 64.2 Å². The van der Waals surface area contributed by atoms with E-state index in [-0.39, 0.29) is 19.0 Å². The third-order valence-corrected chi connectivity index (χ3v) is 5.11. The van der Waals surface area contributed by atoms with Gasteiger partial charge in [-0.05, 0) is 25.2 Å². The first-order valence-electron chi connectivity index (χ1n) is 10.6. The van der Waals surface area contributed by atoms with Crippen LogP contribution in [0, 0.1) is 5.92 Å². The molecule has 1 aliphatic heterocycles. The fourth-order valence-corrected chi connectivity index (χ4v) is 3.62. The van der Waals surface area contributed by atoms with Crippen molar-refractivity contribution in [3.63, 3.8) is 0 Å². The van der Waals surface area contributed by atoms with Gasteiger partial charge in [-0.2, -0.15) is 0 Å². The van der Waals surface area contributed by atoms with Gasteiger partial charge in [0.2, 0.25) is 0 Å². The van der Waals surface area contributed by atoms with E-state index >= 15 is 0 Å². The number of rotatable bonds is 15. The quantitative estimate of drug-likeness (QED) is 0.380. The topological polar surface area (TPSA) is 38.7 Å². The van der Waals surface area contributed by atoms with Crippen molar-refractivity contribution in [2.75, 3.05) is 13.2 Å². The summed E-state index contributed by atoms with van der Waals surface area (Å²) in [5, 5.41) is 9.06. The Balaban J connectivity index is 1.87. The summed E-state index contributed by atoms with van der Waals surface area (Å²) in [6.45, 7) is 5.56. The minimum Gasteiger partial charge on any atom is -0.396 e. The molecule has 0 aliphatic carbocycles. The van der Waals surface area contributed by atoms with Crippen LogP contribution >= 0.6 is 0 Å². The first kappa shape index (κ1) is 21.9. The van der Waals surface area contributed by atoms with Crippen molar-refractivity contribution in [1.29, 1.82) is 0 Å². The Morgan fingerprint density at radius 3 is 2.04 bits per heavy atom. The fourth-order valence-electron chi connectivity index (χ4n) is 3.62. The van der Waals surface area contributed by atoms with E-state index in [0.29, 0.717) is 5.92 Å². The molecule has 0 spiro atoms. The number of ether oxygens (including phenoxy) is 2. The van der Waals surface area contributed by atoms with Crippen molar-refractivity contribution in [2.24, 2.45) is 5.92 Å². The Hall–Kier alpha value is -0.120. The van der Waals surface area contributed by atoms with Crippen LogP contribution in [0.25, 0.3) is 0 Å². The van der Waals surface area contributed by atoms with Gasteiger partial charge >= 0.3 is 0 Å². The molecule has 1 rings (SSSR count). The minimum atomic E-state index is -0.0478. The average molecular weight is 343 g/mol. The second-order valence-electron chi connectivity index (χ2n) is 7.68. The Kier molecular flexibility index (Phi) is 13.8. The Morgan fingerprint density at radius 1 is 0.875 bits per heavy atom. The van der Waals surface area contributed by atoms with Gasteiger partial charge in [-0.1, -0.05) is 78.1 Å². The van der Waals surface area contributed by atoms with E-state index in [0.717, 1.165) is 32.3 Å². The van der Waals surface area contributed by atoms with Crippen LogP contribution in [0.4, 0.5) is 0 Å². The summed E-state index contributed by atoms with van der Waals surface area (Å²) in [5.74, 6) is 0.637. The fraction of sp³-hybridized carbons (Fsp3) is 1.00. The molecule has 1 aliphatic rings. The third-order valence-electron chi connectivity index (χ3n) is 5.11. The molecule has 1 fully saturated rings. The lowest BCUT2D eigenvalue weighted by Gasteiger charge is -2.33. The molecule has 144 valence electrons. The molecule has 24 heavy (non-hydrogen) atoms. The van der Waals surface area contributed by atoms with Gasteiger partial charge in [0.25, 0.3) is 0 Å². The maximum Gasteiger partial charge on any atom is 0.158 e. The highest BCUT2D eigenvalue weighted by molar-refractivity contribution is 4.71. The summed E-state index contributed by atoms with van der Waals surface area (Å²) in [5.41, 5.74) is 0. The predicted molar refractivity (Wildman–Crippen MR) is 101 cm³/mol. The van der Waals surface area contributed by atoms with E-state index in [2.05, 4.69) is 13.8 Å². The van der Waals surface area contributed by atoms with E-state index in [9.17, 15) is 0 Å². The molecule has 2 unspecified atom stereocenters. The van der Waals surface area contributed by atoms with Crippen molar-refractivity contribution in [3.8, 4) is 0 Å². The van der Waals surface area contributed by atoms with Gasteiger partial charge in [0, 0.05) is 19.6 Å². The Labute approximate surface area is 150 Å². The van der Waals surface area contributed by atoms with Gasteiger partial charge in [-0.15, -0.1) is 0 Å². The molecular weight excluding hydrogens is 300 g/mol. The van der Waals surface area contributed by atoms with Crippen molar-refractivity contribution in [3.05, 3.63) is 0 Å². The minimum absolute atomic E-state index is 0.0478. The maximum absolute atomic E-state index is 9.06. The van der Waals surface area contributed by atoms with Crippen LogP contribution in [-0.4, -0.2) is 30.7 Å². The first-order chi connectivity index (χ1) is 11.8. The van der Waals surface area contributed by atoms with Crippen LogP contribution in [0.2, 0.25) is 0 Å². The summed E-state index contributed by atoms with van der Waals surface area (Å²) in [6, 6.07) is 0. The van der Waals surface area contributed by atoms with E-state index < -0.39 is 0 Å². The zero-order valence-electron chi connectivity index (χ0n) is 16.3. The van der Waals surface area contributed by atoms with Gasteiger partial charge < -0.3 is 14.6 Å². The van der Waals surface area contributed by atoms with Crippen LogP contribution in [-0.2, 0) is 9.47 Å². The standard InChI is InChI=1S/C21H42O3/c1-3-4-5-6-7-8-9-10-11-12-13-16-23-21-18-19(2)17-20(24-21)14-15-22/h19-22H,3-18H2,1-2H3/t19?,20?,21-/m1/s1. The second kappa shape index (κ2) is 15.2. The summed E-state index contributed by atoms with van der Waals surface area (Å²) >= 11 is 0. The summed E-state index contributed by atoms with van der Waals surface area (Å²) in [7, 11) is 0. The molecule has 0 amide bonds. The highest BCUT2D eigenvalue weighted by atomic mass is 16.7. The van der Waals surface area contributed by atoms with Crippen LogP contribution in [0.1, 0.15) is 104 Å². The summed E-state index contributed by atoms with van der Waals surface area (Å²) < 4.78 is 11.8. The number of aliphatic hydroxyl groups excluding tert-OH is 1. The van der Waals surface area contributed by atoms with Crippen LogP contribution in [0.3, 0.4) is 0 Å². The number of hydrogen-bond donors (Lipinski definition) is 1. The Bertz CT molecular complexity index is 270. The molecule has 0 aromatic heterocycles. The van der Waals surface area contributed by atoms with Crippen molar-refractivity contribution < 1.29 is 14.6 Å². The van der Waals surface area contributed by atoms with Gasteiger partial charge in [-0.3, -0.25) is 0 Å². The Morgan fingerprint density at radius 2 is 1.46 bits per heavy atom. The number of hydrogen-bond acceptors (Lipinski definition) is 3. The van der Waals surface area contributed by atoms with Gasteiger partial charge in [0.15, 0.2) is 6.29 Å². The van der Waals surface area contributed by atoms with Crippen LogP contribution < -0.4 is 0 Å². The van der Waals surface area contributed by atoms with Gasteiger partial charge in [0.05, 0.1) is 6.10 Å².